The number of methoxy groups -OCH3 is 1. The zero-order valence-corrected chi connectivity index (χ0v) is 26.7. The number of amides is 2. The second-order valence-corrected chi connectivity index (χ2v) is 13.7. The molecule has 0 aliphatic carbocycles. The van der Waals surface area contributed by atoms with Crippen LogP contribution >= 0.6 is 11.6 Å². The largest absolute Gasteiger partial charge is 0.481 e. The molecule has 2 amide bonds. The molecule has 3 aromatic rings. The van der Waals surface area contributed by atoms with Gasteiger partial charge in [-0.25, -0.2) is 27.0 Å². The quantitative estimate of drug-likeness (QED) is 0.385. The highest BCUT2D eigenvalue weighted by Gasteiger charge is 2.61. The van der Waals surface area contributed by atoms with Crippen LogP contribution in [0.5, 0.6) is 5.88 Å². The summed E-state index contributed by atoms with van der Waals surface area (Å²) in [6, 6.07) is 9.10. The third-order valence-electron chi connectivity index (χ3n) is 8.82. The minimum atomic E-state index is -5.02. The number of benzene rings is 2. The third-order valence-corrected chi connectivity index (χ3v) is 10.8. The van der Waals surface area contributed by atoms with E-state index in [1.807, 2.05) is 0 Å². The van der Waals surface area contributed by atoms with Crippen molar-refractivity contribution in [2.75, 3.05) is 57.7 Å². The van der Waals surface area contributed by atoms with E-state index in [1.165, 1.54) is 48.5 Å². The Balaban J connectivity index is 1.41. The number of hydrogen-bond acceptors (Lipinski definition) is 9. The first-order valence-corrected chi connectivity index (χ1v) is 16.5. The molecule has 15 heteroatoms. The third kappa shape index (κ3) is 5.46. The van der Waals surface area contributed by atoms with Gasteiger partial charge in [0.1, 0.15) is 16.5 Å². The van der Waals surface area contributed by atoms with Crippen molar-refractivity contribution in [3.8, 4) is 5.88 Å². The van der Waals surface area contributed by atoms with Gasteiger partial charge in [-0.3, -0.25) is 9.69 Å². The lowest BCUT2D eigenvalue weighted by molar-refractivity contribution is -0.132. The topological polar surface area (TPSA) is 113 Å². The SMILES string of the molecule is COc1ncccc1C1(OC(=O)N2CCN(C3CCN(C)CC3)CC2)C(=O)N(S(=O)(=O)c2ccc(F)cc2F)c2ccc(Cl)cc21. The summed E-state index contributed by atoms with van der Waals surface area (Å²) in [5.41, 5.74) is -2.85. The van der Waals surface area contributed by atoms with Crippen LogP contribution in [0.3, 0.4) is 0 Å². The van der Waals surface area contributed by atoms with Crippen LogP contribution in [0.15, 0.2) is 59.6 Å². The summed E-state index contributed by atoms with van der Waals surface area (Å²) in [7, 11) is -1.63. The van der Waals surface area contributed by atoms with Crippen molar-refractivity contribution in [2.24, 2.45) is 0 Å². The number of likely N-dealkylation sites (tertiary alicyclic amines) is 1. The van der Waals surface area contributed by atoms with Crippen LogP contribution in [0, 0.1) is 11.6 Å². The summed E-state index contributed by atoms with van der Waals surface area (Å²) < 4.78 is 68.6. The molecule has 0 radical (unpaired) electrons. The molecule has 11 nitrogen and oxygen atoms in total. The van der Waals surface area contributed by atoms with Gasteiger partial charge >= 0.3 is 6.09 Å². The van der Waals surface area contributed by atoms with E-state index in [0.717, 1.165) is 38.1 Å². The van der Waals surface area contributed by atoms with Crippen molar-refractivity contribution in [1.82, 2.24) is 19.7 Å². The van der Waals surface area contributed by atoms with Crippen LogP contribution in [0.1, 0.15) is 24.0 Å². The molecular formula is C31H32ClF2N5O6S. The van der Waals surface area contributed by atoms with Gasteiger partial charge in [-0.1, -0.05) is 11.6 Å². The van der Waals surface area contributed by atoms with Crippen molar-refractivity contribution in [3.05, 3.63) is 82.5 Å². The van der Waals surface area contributed by atoms with Crippen molar-refractivity contribution in [2.45, 2.75) is 29.4 Å². The molecule has 0 spiro atoms. The number of aromatic nitrogens is 1. The number of ether oxygens (including phenoxy) is 2. The first kappa shape index (κ1) is 32.1. The van der Waals surface area contributed by atoms with Crippen LogP contribution in [0.4, 0.5) is 19.3 Å². The standard InChI is InChI=1S/C31H32ClF2N5O6S/c1-36-12-9-22(10-13-36)37-14-16-38(17-15-37)30(41)45-31(23-4-3-11-35-28(23)44-2)24-18-20(32)5-7-26(24)39(29(31)40)46(42,43)27-8-6-21(33)19-25(27)34/h3-8,11,18-19,22H,9-10,12-17H2,1-2H3. The fraction of sp³-hybridized carbons (Fsp3) is 0.387. The molecule has 2 saturated heterocycles. The van der Waals surface area contributed by atoms with Gasteiger partial charge in [-0.05, 0) is 75.4 Å². The molecule has 6 rings (SSSR count). The predicted molar refractivity (Wildman–Crippen MR) is 164 cm³/mol. The van der Waals surface area contributed by atoms with Crippen LogP contribution in [0.25, 0.3) is 0 Å². The van der Waals surface area contributed by atoms with Crippen molar-refractivity contribution in [3.63, 3.8) is 0 Å². The molecular weight excluding hydrogens is 644 g/mol. The molecule has 3 aliphatic heterocycles. The maximum atomic E-state index is 14.9. The predicted octanol–water partition coefficient (Wildman–Crippen LogP) is 3.85. The van der Waals surface area contributed by atoms with Gasteiger partial charge in [-0.2, -0.15) is 4.31 Å². The highest BCUT2D eigenvalue weighted by Crippen LogP contribution is 2.52. The fourth-order valence-corrected chi connectivity index (χ4v) is 8.10. The molecule has 0 bridgehead atoms. The van der Waals surface area contributed by atoms with Crippen molar-refractivity contribution < 1.29 is 36.3 Å². The number of carbonyl (C=O) groups excluding carboxylic acids is 2. The van der Waals surface area contributed by atoms with Gasteiger partial charge in [0.05, 0.1) is 18.4 Å². The molecule has 244 valence electrons. The number of sulfonamides is 1. The number of pyridine rings is 1. The maximum absolute atomic E-state index is 14.9. The van der Waals surface area contributed by atoms with Crippen LogP contribution < -0.4 is 9.04 Å². The molecule has 1 aromatic heterocycles. The Labute approximate surface area is 270 Å². The van der Waals surface area contributed by atoms with E-state index in [0.29, 0.717) is 42.6 Å². The minimum Gasteiger partial charge on any atom is -0.481 e. The summed E-state index contributed by atoms with van der Waals surface area (Å²) in [5, 5.41) is 0.105. The van der Waals surface area contributed by atoms with Crippen molar-refractivity contribution >= 4 is 39.3 Å². The molecule has 0 N–H and O–H groups in total. The van der Waals surface area contributed by atoms with E-state index in [2.05, 4.69) is 21.8 Å². The summed E-state index contributed by atoms with van der Waals surface area (Å²) in [6.45, 7) is 3.79. The van der Waals surface area contributed by atoms with E-state index in [-0.39, 0.29) is 27.7 Å². The van der Waals surface area contributed by atoms with E-state index < -0.39 is 44.2 Å². The lowest BCUT2D eigenvalue weighted by atomic mass is 9.87. The number of rotatable bonds is 6. The number of nitrogens with zero attached hydrogens (tertiary/aromatic N) is 5. The Morgan fingerprint density at radius 2 is 1.72 bits per heavy atom. The normalized spacial score (nSPS) is 21.4. The molecule has 1 atom stereocenters. The van der Waals surface area contributed by atoms with Crippen LogP contribution in [-0.2, 0) is 25.2 Å². The number of anilines is 1. The Hall–Kier alpha value is -3.85. The smallest absolute Gasteiger partial charge is 0.411 e. The van der Waals surface area contributed by atoms with Gasteiger partial charge in [0.15, 0.2) is 0 Å². The Kier molecular flexibility index (Phi) is 8.65. The van der Waals surface area contributed by atoms with Crippen molar-refractivity contribution in [1.29, 1.82) is 0 Å². The molecule has 0 saturated carbocycles. The number of carbonyl (C=O) groups is 2. The second kappa shape index (κ2) is 12.4. The molecule has 46 heavy (non-hydrogen) atoms. The summed E-state index contributed by atoms with van der Waals surface area (Å²) in [4.78, 5) is 38.0. The van der Waals surface area contributed by atoms with Crippen LogP contribution in [0.2, 0.25) is 5.02 Å². The first-order valence-electron chi connectivity index (χ1n) is 14.7. The average Bonchev–Trinajstić information content (AvgIpc) is 3.28. The number of fused-ring (bicyclic) bond motifs is 1. The number of halogens is 3. The van der Waals surface area contributed by atoms with Gasteiger partial charge < -0.3 is 19.3 Å². The molecule has 1 unspecified atom stereocenters. The molecule has 2 fully saturated rings. The molecule has 2 aromatic carbocycles. The van der Waals surface area contributed by atoms with Crippen LogP contribution in [-0.4, -0.2) is 99.6 Å². The molecule has 3 aliphatic rings. The van der Waals surface area contributed by atoms with Gasteiger partial charge in [0.2, 0.25) is 5.88 Å². The zero-order chi connectivity index (χ0) is 32.8. The monoisotopic (exact) mass is 675 g/mol. The van der Waals surface area contributed by atoms with Gasteiger partial charge in [0, 0.05) is 55.1 Å². The Bertz CT molecular complexity index is 1780. The zero-order valence-electron chi connectivity index (χ0n) is 25.2. The minimum absolute atomic E-state index is 0.0680. The molecule has 4 heterocycles. The van der Waals surface area contributed by atoms with E-state index in [1.54, 1.807) is 0 Å². The van der Waals surface area contributed by atoms with Gasteiger partial charge in [-0.15, -0.1) is 0 Å². The average molecular weight is 676 g/mol. The Morgan fingerprint density at radius 1 is 1.00 bits per heavy atom. The highest BCUT2D eigenvalue weighted by molar-refractivity contribution is 7.93. The first-order chi connectivity index (χ1) is 22.0. The number of piperidine rings is 1. The number of hydrogen-bond donors (Lipinski definition) is 0. The maximum Gasteiger partial charge on any atom is 0.411 e. The summed E-state index contributed by atoms with van der Waals surface area (Å²) in [5.74, 6) is -3.78. The van der Waals surface area contributed by atoms with E-state index in [4.69, 9.17) is 21.1 Å². The lowest BCUT2D eigenvalue weighted by Crippen LogP contribution is -2.55. The number of piperazine rings is 1. The van der Waals surface area contributed by atoms with E-state index in [9.17, 15) is 26.8 Å². The Morgan fingerprint density at radius 3 is 2.39 bits per heavy atom. The summed E-state index contributed by atoms with van der Waals surface area (Å²) >= 11 is 6.38. The lowest BCUT2D eigenvalue weighted by Gasteiger charge is -2.42. The van der Waals surface area contributed by atoms with E-state index >= 15 is 0 Å². The van der Waals surface area contributed by atoms with Gasteiger partial charge in [0.25, 0.3) is 21.5 Å². The second-order valence-electron chi connectivity index (χ2n) is 11.5. The highest BCUT2D eigenvalue weighted by atomic mass is 35.5. The summed E-state index contributed by atoms with van der Waals surface area (Å²) in [6.07, 6.45) is 2.56. The fourth-order valence-electron chi connectivity index (χ4n) is 6.42.